The van der Waals surface area contributed by atoms with Crippen LogP contribution in [0.4, 0.5) is 0 Å². The zero-order valence-electron chi connectivity index (χ0n) is 6.00. The molecule has 1 aromatic heterocycles. The smallest absolute Gasteiger partial charge is 0.226 e. The van der Waals surface area contributed by atoms with Gasteiger partial charge in [0.05, 0.1) is 6.54 Å². The van der Waals surface area contributed by atoms with E-state index in [2.05, 4.69) is 17.1 Å². The van der Waals surface area contributed by atoms with Crippen LogP contribution in [0.5, 0.6) is 0 Å². The molecule has 0 bridgehead atoms. The number of aromatic nitrogens is 2. The molecule has 0 fully saturated rings. The normalized spacial score (nSPS) is 10.2. The maximum absolute atomic E-state index is 5.27. The fraction of sp³-hybridized carbons (Fsp3) is 0.667. The topological polar surface area (TPSA) is 64.9 Å². The molecule has 2 N–H and O–H groups in total. The Morgan fingerprint density at radius 1 is 1.60 bits per heavy atom. The highest BCUT2D eigenvalue weighted by Gasteiger charge is 2.01. The minimum Gasteiger partial charge on any atom is -0.339 e. The lowest BCUT2D eigenvalue weighted by Crippen LogP contribution is -1.98. The van der Waals surface area contributed by atoms with Gasteiger partial charge in [-0.1, -0.05) is 12.1 Å². The van der Waals surface area contributed by atoms with Crippen molar-refractivity contribution in [3.63, 3.8) is 0 Å². The Morgan fingerprint density at radius 2 is 2.40 bits per heavy atom. The molecule has 0 aromatic carbocycles. The van der Waals surface area contributed by atoms with Crippen LogP contribution < -0.4 is 5.73 Å². The Labute approximate surface area is 59.4 Å². The molecule has 0 aliphatic rings. The first-order chi connectivity index (χ1) is 4.86. The standard InChI is InChI=1S/C6H11N3O/c1-2-3-6-8-5(4-7)9-10-6/h2-4,7H2,1H3. The van der Waals surface area contributed by atoms with E-state index in [1.54, 1.807) is 0 Å². The van der Waals surface area contributed by atoms with Crippen molar-refractivity contribution in [1.29, 1.82) is 0 Å². The molecule has 56 valence electrons. The zero-order valence-corrected chi connectivity index (χ0v) is 6.00. The number of aryl methyl sites for hydroxylation is 1. The van der Waals surface area contributed by atoms with Crippen LogP contribution in [0.1, 0.15) is 25.1 Å². The molecule has 4 heteroatoms. The molecule has 1 aromatic rings. The molecule has 4 nitrogen and oxygen atoms in total. The third-order valence-corrected chi connectivity index (χ3v) is 1.16. The van der Waals surface area contributed by atoms with Crippen molar-refractivity contribution in [3.05, 3.63) is 11.7 Å². The highest BCUT2D eigenvalue weighted by molar-refractivity contribution is 4.84. The van der Waals surface area contributed by atoms with Gasteiger partial charge in [-0.2, -0.15) is 4.98 Å². The Hall–Kier alpha value is -0.900. The monoisotopic (exact) mass is 141 g/mol. The first kappa shape index (κ1) is 7.21. The molecule has 0 spiro atoms. The van der Waals surface area contributed by atoms with Crippen molar-refractivity contribution in [2.45, 2.75) is 26.3 Å². The molecule has 0 amide bonds. The summed E-state index contributed by atoms with van der Waals surface area (Å²) in [5.74, 6) is 1.27. The third kappa shape index (κ3) is 1.54. The predicted octanol–water partition coefficient (Wildman–Crippen LogP) is 0.481. The SMILES string of the molecule is CCCc1nc(CN)no1. The summed E-state index contributed by atoms with van der Waals surface area (Å²) in [4.78, 5) is 4.02. The van der Waals surface area contributed by atoms with Gasteiger partial charge in [-0.05, 0) is 6.42 Å². The van der Waals surface area contributed by atoms with E-state index in [1.807, 2.05) is 0 Å². The molecular formula is C6H11N3O. The fourth-order valence-corrected chi connectivity index (χ4v) is 0.688. The Kier molecular flexibility index (Phi) is 2.39. The van der Waals surface area contributed by atoms with Crippen LogP contribution in [0.2, 0.25) is 0 Å². The maximum atomic E-state index is 5.27. The fourth-order valence-electron chi connectivity index (χ4n) is 0.688. The molecule has 0 atom stereocenters. The molecule has 0 aliphatic carbocycles. The molecule has 0 saturated carbocycles. The average Bonchev–Trinajstić information content (AvgIpc) is 2.37. The first-order valence-electron chi connectivity index (χ1n) is 3.38. The minimum absolute atomic E-state index is 0.354. The second kappa shape index (κ2) is 3.31. The van der Waals surface area contributed by atoms with Gasteiger partial charge in [-0.3, -0.25) is 0 Å². The second-order valence-electron chi connectivity index (χ2n) is 2.06. The van der Waals surface area contributed by atoms with Crippen molar-refractivity contribution in [2.24, 2.45) is 5.73 Å². The van der Waals surface area contributed by atoms with Crippen LogP contribution in [0.25, 0.3) is 0 Å². The predicted molar refractivity (Wildman–Crippen MR) is 36.2 cm³/mol. The summed E-state index contributed by atoms with van der Waals surface area (Å²) in [5, 5.41) is 3.64. The van der Waals surface area contributed by atoms with Crippen LogP contribution in [-0.4, -0.2) is 10.1 Å². The molecule has 0 aliphatic heterocycles. The molecular weight excluding hydrogens is 130 g/mol. The summed E-state index contributed by atoms with van der Waals surface area (Å²) >= 11 is 0. The summed E-state index contributed by atoms with van der Waals surface area (Å²) in [6, 6.07) is 0. The van der Waals surface area contributed by atoms with Gasteiger partial charge < -0.3 is 10.3 Å². The lowest BCUT2D eigenvalue weighted by atomic mass is 10.3. The van der Waals surface area contributed by atoms with Crippen LogP contribution in [-0.2, 0) is 13.0 Å². The summed E-state index contributed by atoms with van der Waals surface area (Å²) in [5.41, 5.74) is 5.27. The molecule has 0 saturated heterocycles. The van der Waals surface area contributed by atoms with Gasteiger partial charge in [0.2, 0.25) is 5.89 Å². The van der Waals surface area contributed by atoms with Gasteiger partial charge in [0.15, 0.2) is 5.82 Å². The van der Waals surface area contributed by atoms with Crippen molar-refractivity contribution in [3.8, 4) is 0 Å². The van der Waals surface area contributed by atoms with E-state index in [9.17, 15) is 0 Å². The molecule has 1 rings (SSSR count). The molecule has 0 unspecified atom stereocenters. The summed E-state index contributed by atoms with van der Waals surface area (Å²) < 4.78 is 4.85. The van der Waals surface area contributed by atoms with E-state index in [0.717, 1.165) is 12.8 Å². The minimum atomic E-state index is 0.354. The van der Waals surface area contributed by atoms with Crippen LogP contribution >= 0.6 is 0 Å². The summed E-state index contributed by atoms with van der Waals surface area (Å²) in [6.45, 7) is 2.42. The highest BCUT2D eigenvalue weighted by atomic mass is 16.5. The van der Waals surface area contributed by atoms with Gasteiger partial charge >= 0.3 is 0 Å². The van der Waals surface area contributed by atoms with Gasteiger partial charge in [0.25, 0.3) is 0 Å². The number of rotatable bonds is 3. The largest absolute Gasteiger partial charge is 0.339 e. The van der Waals surface area contributed by atoms with Gasteiger partial charge in [0, 0.05) is 6.42 Å². The molecule has 0 radical (unpaired) electrons. The van der Waals surface area contributed by atoms with Crippen LogP contribution in [0, 0.1) is 0 Å². The summed E-state index contributed by atoms with van der Waals surface area (Å²) in [7, 11) is 0. The third-order valence-electron chi connectivity index (χ3n) is 1.16. The Morgan fingerprint density at radius 3 is 2.90 bits per heavy atom. The van der Waals surface area contributed by atoms with Crippen LogP contribution in [0.15, 0.2) is 4.52 Å². The molecule has 10 heavy (non-hydrogen) atoms. The van der Waals surface area contributed by atoms with E-state index in [4.69, 9.17) is 10.3 Å². The van der Waals surface area contributed by atoms with E-state index in [0.29, 0.717) is 18.3 Å². The number of nitrogens with two attached hydrogens (primary N) is 1. The van der Waals surface area contributed by atoms with Crippen molar-refractivity contribution >= 4 is 0 Å². The van der Waals surface area contributed by atoms with Crippen molar-refractivity contribution in [2.75, 3.05) is 0 Å². The van der Waals surface area contributed by atoms with E-state index in [1.165, 1.54) is 0 Å². The number of hydrogen-bond donors (Lipinski definition) is 1. The first-order valence-corrected chi connectivity index (χ1v) is 3.38. The average molecular weight is 141 g/mol. The Balaban J connectivity index is 2.59. The van der Waals surface area contributed by atoms with E-state index in [-0.39, 0.29) is 0 Å². The second-order valence-corrected chi connectivity index (χ2v) is 2.06. The number of hydrogen-bond acceptors (Lipinski definition) is 4. The van der Waals surface area contributed by atoms with Gasteiger partial charge in [-0.25, -0.2) is 0 Å². The van der Waals surface area contributed by atoms with E-state index < -0.39 is 0 Å². The zero-order chi connectivity index (χ0) is 7.40. The maximum Gasteiger partial charge on any atom is 0.226 e. The molecule has 1 heterocycles. The summed E-state index contributed by atoms with van der Waals surface area (Å²) in [6.07, 6.45) is 1.86. The van der Waals surface area contributed by atoms with E-state index >= 15 is 0 Å². The van der Waals surface area contributed by atoms with Gasteiger partial charge in [0.1, 0.15) is 0 Å². The highest BCUT2D eigenvalue weighted by Crippen LogP contribution is 1.98. The lowest BCUT2D eigenvalue weighted by Gasteiger charge is -1.82. The van der Waals surface area contributed by atoms with Crippen molar-refractivity contribution in [1.82, 2.24) is 10.1 Å². The van der Waals surface area contributed by atoms with Gasteiger partial charge in [-0.15, -0.1) is 0 Å². The number of nitrogens with zero attached hydrogens (tertiary/aromatic N) is 2. The Bertz CT molecular complexity index is 197. The quantitative estimate of drug-likeness (QED) is 0.665. The van der Waals surface area contributed by atoms with Crippen molar-refractivity contribution < 1.29 is 4.52 Å². The lowest BCUT2D eigenvalue weighted by molar-refractivity contribution is 0.372. The van der Waals surface area contributed by atoms with Crippen LogP contribution in [0.3, 0.4) is 0 Å².